The number of benzene rings is 1. The average Bonchev–Trinajstić information content (AvgIpc) is 2.60. The van der Waals surface area contributed by atoms with Crippen molar-refractivity contribution in [3.8, 4) is 0 Å². The number of halogens is 1. The lowest BCUT2D eigenvalue weighted by Gasteiger charge is -2.26. The molecular formula is C18H17ClN2O3. The normalized spacial score (nSPS) is 16.1. The van der Waals surface area contributed by atoms with Gasteiger partial charge in [-0.3, -0.25) is 4.79 Å². The molecule has 1 aliphatic rings. The summed E-state index contributed by atoms with van der Waals surface area (Å²) in [5, 5.41) is 2.99. The van der Waals surface area contributed by atoms with Crippen LogP contribution in [0.1, 0.15) is 40.4 Å². The number of carbonyl (C=O) groups is 2. The minimum absolute atomic E-state index is 0.0388. The number of nitrogens with one attached hydrogen (secondary N) is 1. The second kappa shape index (κ2) is 7.45. The number of aromatic nitrogens is 1. The quantitative estimate of drug-likeness (QED) is 0.683. The third kappa shape index (κ3) is 3.74. The first-order valence-corrected chi connectivity index (χ1v) is 8.18. The fourth-order valence-electron chi connectivity index (χ4n) is 2.89. The summed E-state index contributed by atoms with van der Waals surface area (Å²) in [7, 11) is 0. The summed E-state index contributed by atoms with van der Waals surface area (Å²) in [5.74, 6) is -0.989. The maximum Gasteiger partial charge on any atom is 0.341 e. The molecule has 1 aromatic heterocycles. The van der Waals surface area contributed by atoms with Crippen LogP contribution in [0.15, 0.2) is 42.6 Å². The average molecular weight is 345 g/mol. The molecule has 24 heavy (non-hydrogen) atoms. The molecule has 1 atom stereocenters. The van der Waals surface area contributed by atoms with E-state index in [1.54, 1.807) is 6.07 Å². The summed E-state index contributed by atoms with van der Waals surface area (Å²) in [6, 6.07) is 11.1. The monoisotopic (exact) mass is 344 g/mol. The largest absolute Gasteiger partial charge is 0.452 e. The number of fused-ring (bicyclic) bond motifs is 1. The van der Waals surface area contributed by atoms with Gasteiger partial charge in [0.1, 0.15) is 5.15 Å². The molecule has 1 aromatic carbocycles. The highest BCUT2D eigenvalue weighted by Gasteiger charge is 2.22. The van der Waals surface area contributed by atoms with Crippen molar-refractivity contribution >= 4 is 23.5 Å². The first-order valence-electron chi connectivity index (χ1n) is 7.80. The second-order valence-corrected chi connectivity index (χ2v) is 5.99. The second-order valence-electron chi connectivity index (χ2n) is 5.63. The van der Waals surface area contributed by atoms with Crippen molar-refractivity contribution in [1.29, 1.82) is 0 Å². The number of rotatable bonds is 4. The van der Waals surface area contributed by atoms with Crippen LogP contribution >= 0.6 is 11.6 Å². The zero-order valence-corrected chi connectivity index (χ0v) is 13.8. The van der Waals surface area contributed by atoms with Gasteiger partial charge in [0, 0.05) is 6.20 Å². The lowest BCUT2D eigenvalue weighted by atomic mass is 9.88. The van der Waals surface area contributed by atoms with Crippen molar-refractivity contribution in [1.82, 2.24) is 10.3 Å². The molecule has 1 heterocycles. The van der Waals surface area contributed by atoms with Crippen molar-refractivity contribution in [2.24, 2.45) is 0 Å². The summed E-state index contributed by atoms with van der Waals surface area (Å²) >= 11 is 5.83. The van der Waals surface area contributed by atoms with E-state index in [2.05, 4.69) is 16.4 Å². The number of amides is 1. The molecule has 3 rings (SSSR count). The van der Waals surface area contributed by atoms with Crippen LogP contribution < -0.4 is 5.32 Å². The van der Waals surface area contributed by atoms with E-state index in [1.807, 2.05) is 18.2 Å². The van der Waals surface area contributed by atoms with Crippen LogP contribution in [0.3, 0.4) is 0 Å². The fourth-order valence-corrected chi connectivity index (χ4v) is 3.08. The Balaban J connectivity index is 1.57. The first-order chi connectivity index (χ1) is 11.6. The predicted octanol–water partition coefficient (Wildman–Crippen LogP) is 3.09. The molecule has 0 aliphatic heterocycles. The Hall–Kier alpha value is -2.40. The zero-order chi connectivity index (χ0) is 16.9. The van der Waals surface area contributed by atoms with Crippen molar-refractivity contribution in [3.63, 3.8) is 0 Å². The molecule has 6 heteroatoms. The van der Waals surface area contributed by atoms with Crippen molar-refractivity contribution in [2.75, 3.05) is 6.61 Å². The number of pyridine rings is 1. The van der Waals surface area contributed by atoms with Crippen LogP contribution in [0.5, 0.6) is 0 Å². The van der Waals surface area contributed by atoms with Gasteiger partial charge in [0.15, 0.2) is 6.61 Å². The molecular weight excluding hydrogens is 328 g/mol. The molecule has 5 nitrogen and oxygen atoms in total. The minimum atomic E-state index is -0.660. The van der Waals surface area contributed by atoms with E-state index in [-0.39, 0.29) is 29.3 Å². The topological polar surface area (TPSA) is 68.3 Å². The Kier molecular flexibility index (Phi) is 5.11. The van der Waals surface area contributed by atoms with E-state index in [9.17, 15) is 9.59 Å². The van der Waals surface area contributed by atoms with Gasteiger partial charge in [0.2, 0.25) is 0 Å². The van der Waals surface area contributed by atoms with Gasteiger partial charge in [-0.15, -0.1) is 0 Å². The summed E-state index contributed by atoms with van der Waals surface area (Å²) in [6.07, 6.45) is 4.40. The van der Waals surface area contributed by atoms with Crippen LogP contribution in [0.2, 0.25) is 5.15 Å². The van der Waals surface area contributed by atoms with E-state index in [0.29, 0.717) is 0 Å². The van der Waals surface area contributed by atoms with Crippen molar-refractivity contribution in [3.05, 3.63) is 64.4 Å². The Morgan fingerprint density at radius 2 is 2.08 bits per heavy atom. The zero-order valence-electron chi connectivity index (χ0n) is 13.0. The van der Waals surface area contributed by atoms with Gasteiger partial charge < -0.3 is 10.1 Å². The molecule has 0 bridgehead atoms. The van der Waals surface area contributed by atoms with Gasteiger partial charge in [-0.1, -0.05) is 35.9 Å². The maximum atomic E-state index is 12.1. The highest BCUT2D eigenvalue weighted by Crippen LogP contribution is 2.29. The molecule has 0 saturated carbocycles. The standard InChI is InChI=1S/C18H17ClN2O3/c19-17-14(8-4-10-20-17)18(23)24-11-16(22)21-15-9-3-6-12-5-1-2-7-13(12)15/h1-2,4-5,7-8,10,15H,3,6,9,11H2,(H,21,22)/t15-/m0/s1. The lowest BCUT2D eigenvalue weighted by molar-refractivity contribution is -0.125. The molecule has 0 unspecified atom stereocenters. The highest BCUT2D eigenvalue weighted by atomic mass is 35.5. The van der Waals surface area contributed by atoms with Gasteiger partial charge >= 0.3 is 5.97 Å². The minimum Gasteiger partial charge on any atom is -0.452 e. The Morgan fingerprint density at radius 1 is 1.25 bits per heavy atom. The first kappa shape index (κ1) is 16.5. The summed E-state index contributed by atoms with van der Waals surface area (Å²) in [5.41, 5.74) is 2.54. The third-order valence-electron chi connectivity index (χ3n) is 4.02. The predicted molar refractivity (Wildman–Crippen MR) is 89.8 cm³/mol. The molecule has 1 N–H and O–H groups in total. The van der Waals surface area contributed by atoms with E-state index < -0.39 is 5.97 Å². The molecule has 0 radical (unpaired) electrons. The SMILES string of the molecule is O=C(COC(=O)c1cccnc1Cl)N[C@H]1CCCc2ccccc21. The van der Waals surface area contributed by atoms with Gasteiger partial charge in [0.25, 0.3) is 5.91 Å². The van der Waals surface area contributed by atoms with Crippen LogP contribution in [0, 0.1) is 0 Å². The Bertz CT molecular complexity index is 763. The molecule has 1 aliphatic carbocycles. The Labute approximate surface area is 145 Å². The molecule has 124 valence electrons. The van der Waals surface area contributed by atoms with Crippen LogP contribution in [0.4, 0.5) is 0 Å². The summed E-state index contributed by atoms with van der Waals surface area (Å²) in [6.45, 7) is -0.345. The smallest absolute Gasteiger partial charge is 0.341 e. The summed E-state index contributed by atoms with van der Waals surface area (Å²) in [4.78, 5) is 27.8. The molecule has 0 fully saturated rings. The van der Waals surface area contributed by atoms with E-state index in [4.69, 9.17) is 16.3 Å². The van der Waals surface area contributed by atoms with Crippen molar-refractivity contribution < 1.29 is 14.3 Å². The molecule has 1 amide bonds. The van der Waals surface area contributed by atoms with E-state index in [0.717, 1.165) is 24.8 Å². The number of aryl methyl sites for hydroxylation is 1. The van der Waals surface area contributed by atoms with E-state index in [1.165, 1.54) is 17.8 Å². The Morgan fingerprint density at radius 3 is 2.92 bits per heavy atom. The number of ether oxygens (including phenoxy) is 1. The number of hydrogen-bond donors (Lipinski definition) is 1. The fraction of sp³-hybridized carbons (Fsp3) is 0.278. The van der Waals surface area contributed by atoms with E-state index >= 15 is 0 Å². The van der Waals surface area contributed by atoms with Gasteiger partial charge in [-0.05, 0) is 42.5 Å². The maximum absolute atomic E-state index is 12.1. The van der Waals surface area contributed by atoms with Gasteiger partial charge in [-0.25, -0.2) is 9.78 Å². The molecule has 2 aromatic rings. The van der Waals surface area contributed by atoms with Gasteiger partial charge in [0.05, 0.1) is 11.6 Å². The van der Waals surface area contributed by atoms with Crippen LogP contribution in [0.25, 0.3) is 0 Å². The number of nitrogens with zero attached hydrogens (tertiary/aromatic N) is 1. The lowest BCUT2D eigenvalue weighted by Crippen LogP contribution is -2.34. The molecule has 0 spiro atoms. The summed E-state index contributed by atoms with van der Waals surface area (Å²) < 4.78 is 5.02. The third-order valence-corrected chi connectivity index (χ3v) is 4.32. The van der Waals surface area contributed by atoms with Crippen LogP contribution in [-0.2, 0) is 16.0 Å². The number of carbonyl (C=O) groups excluding carboxylic acids is 2. The van der Waals surface area contributed by atoms with Crippen molar-refractivity contribution in [2.45, 2.75) is 25.3 Å². The van der Waals surface area contributed by atoms with Gasteiger partial charge in [-0.2, -0.15) is 0 Å². The highest BCUT2D eigenvalue weighted by molar-refractivity contribution is 6.32. The molecule has 0 saturated heterocycles. The van der Waals surface area contributed by atoms with Crippen LogP contribution in [-0.4, -0.2) is 23.5 Å². The number of hydrogen-bond acceptors (Lipinski definition) is 4. The number of esters is 1.